The highest BCUT2D eigenvalue weighted by atomic mass is 35.5. The smallest absolute Gasteiger partial charge is 0.305 e. The van der Waals surface area contributed by atoms with E-state index in [-0.39, 0.29) is 11.9 Å². The fraction of sp³-hybridized carbons (Fsp3) is 0.250. The molecule has 0 atom stereocenters. The lowest BCUT2D eigenvalue weighted by atomic mass is 10.2. The van der Waals surface area contributed by atoms with E-state index in [0.717, 1.165) is 10.4 Å². The van der Waals surface area contributed by atoms with Crippen molar-refractivity contribution in [1.29, 1.82) is 0 Å². The van der Waals surface area contributed by atoms with Crippen molar-refractivity contribution in [2.45, 2.75) is 12.8 Å². The average molecular weight is 338 g/mol. The zero-order chi connectivity index (χ0) is 15.9. The van der Waals surface area contributed by atoms with E-state index in [0.29, 0.717) is 29.3 Å². The van der Waals surface area contributed by atoms with Crippen molar-refractivity contribution in [3.8, 4) is 10.4 Å². The number of hydrogen-bond donors (Lipinski definition) is 1. The fourth-order valence-electron chi connectivity index (χ4n) is 1.85. The molecule has 0 unspecified atom stereocenters. The van der Waals surface area contributed by atoms with Gasteiger partial charge in [0.2, 0.25) is 0 Å². The molecule has 0 saturated heterocycles. The van der Waals surface area contributed by atoms with E-state index in [1.807, 2.05) is 30.3 Å². The molecule has 1 N–H and O–H groups in total. The molecule has 1 aromatic heterocycles. The number of rotatable bonds is 6. The van der Waals surface area contributed by atoms with E-state index in [4.69, 9.17) is 11.6 Å². The summed E-state index contributed by atoms with van der Waals surface area (Å²) in [6.07, 6.45) is 0.866. The molecule has 1 heterocycles. The van der Waals surface area contributed by atoms with Gasteiger partial charge in [0.1, 0.15) is 0 Å². The van der Waals surface area contributed by atoms with Crippen LogP contribution in [0.5, 0.6) is 0 Å². The number of methoxy groups -OCH3 is 1. The van der Waals surface area contributed by atoms with Crippen LogP contribution in [0.15, 0.2) is 36.4 Å². The van der Waals surface area contributed by atoms with Gasteiger partial charge >= 0.3 is 5.97 Å². The summed E-state index contributed by atoms with van der Waals surface area (Å²) in [7, 11) is 1.35. The summed E-state index contributed by atoms with van der Waals surface area (Å²) in [6.45, 7) is 0.447. The molecular weight excluding hydrogens is 322 g/mol. The van der Waals surface area contributed by atoms with Gasteiger partial charge in [-0.3, -0.25) is 9.59 Å². The van der Waals surface area contributed by atoms with E-state index >= 15 is 0 Å². The Morgan fingerprint density at radius 1 is 1.18 bits per heavy atom. The number of esters is 1. The van der Waals surface area contributed by atoms with E-state index < -0.39 is 0 Å². The number of halogens is 1. The molecule has 0 fully saturated rings. The number of carbonyl (C=O) groups is 2. The highest BCUT2D eigenvalue weighted by Crippen LogP contribution is 2.28. The molecule has 0 saturated carbocycles. The van der Waals surface area contributed by atoms with E-state index in [2.05, 4.69) is 10.1 Å². The second-order valence-corrected chi connectivity index (χ2v) is 6.13. The van der Waals surface area contributed by atoms with Gasteiger partial charge in [-0.2, -0.15) is 0 Å². The number of hydrogen-bond acceptors (Lipinski definition) is 4. The van der Waals surface area contributed by atoms with Gasteiger partial charge < -0.3 is 10.1 Å². The minimum absolute atomic E-state index is 0.130. The maximum atomic E-state index is 12.0. The maximum absolute atomic E-state index is 12.0. The summed E-state index contributed by atoms with van der Waals surface area (Å²) in [6, 6.07) is 11.2. The number of benzene rings is 1. The lowest BCUT2D eigenvalue weighted by molar-refractivity contribution is -0.140. The van der Waals surface area contributed by atoms with Crippen LogP contribution in [-0.4, -0.2) is 25.5 Å². The highest BCUT2D eigenvalue weighted by Gasteiger charge is 2.10. The summed E-state index contributed by atoms with van der Waals surface area (Å²) in [5.41, 5.74) is 1.03. The third-order valence-electron chi connectivity index (χ3n) is 3.03. The van der Waals surface area contributed by atoms with Crippen LogP contribution in [0, 0.1) is 0 Å². The van der Waals surface area contributed by atoms with Crippen molar-refractivity contribution in [2.75, 3.05) is 13.7 Å². The second-order valence-electron chi connectivity index (χ2n) is 4.61. The molecule has 0 aliphatic rings. The third kappa shape index (κ3) is 4.58. The van der Waals surface area contributed by atoms with Crippen molar-refractivity contribution < 1.29 is 14.3 Å². The lowest BCUT2D eigenvalue weighted by Crippen LogP contribution is -2.24. The van der Waals surface area contributed by atoms with Crippen molar-refractivity contribution in [1.82, 2.24) is 5.32 Å². The van der Waals surface area contributed by atoms with Crippen LogP contribution in [-0.2, 0) is 9.53 Å². The average Bonchev–Trinajstić information content (AvgIpc) is 3.01. The van der Waals surface area contributed by atoms with Crippen LogP contribution in [0.2, 0.25) is 5.02 Å². The van der Waals surface area contributed by atoms with Crippen molar-refractivity contribution in [2.24, 2.45) is 0 Å². The summed E-state index contributed by atoms with van der Waals surface area (Å²) in [5, 5.41) is 3.48. The Bertz CT molecular complexity index is 652. The van der Waals surface area contributed by atoms with Gasteiger partial charge in [0, 0.05) is 22.9 Å². The minimum atomic E-state index is -0.268. The molecule has 0 spiro atoms. The monoisotopic (exact) mass is 337 g/mol. The van der Waals surface area contributed by atoms with Crippen LogP contribution < -0.4 is 5.32 Å². The first kappa shape index (κ1) is 16.5. The molecule has 0 bridgehead atoms. The summed E-state index contributed by atoms with van der Waals surface area (Å²) in [5.74, 6) is -0.398. The molecule has 116 valence electrons. The summed E-state index contributed by atoms with van der Waals surface area (Å²) < 4.78 is 4.54. The van der Waals surface area contributed by atoms with Crippen LogP contribution in [0.1, 0.15) is 22.5 Å². The first-order chi connectivity index (χ1) is 10.6. The molecule has 1 aromatic carbocycles. The zero-order valence-corrected chi connectivity index (χ0v) is 13.7. The number of carbonyl (C=O) groups excluding carboxylic acids is 2. The topological polar surface area (TPSA) is 55.4 Å². The molecule has 2 rings (SSSR count). The molecule has 0 aliphatic carbocycles. The van der Waals surface area contributed by atoms with Crippen LogP contribution in [0.3, 0.4) is 0 Å². The summed E-state index contributed by atoms with van der Waals surface area (Å²) in [4.78, 5) is 24.6. The molecular formula is C16H16ClNO3S. The van der Waals surface area contributed by atoms with Crippen LogP contribution in [0.4, 0.5) is 0 Å². The Kier molecular flexibility index (Phi) is 5.98. The van der Waals surface area contributed by atoms with Gasteiger partial charge in [-0.1, -0.05) is 23.7 Å². The largest absolute Gasteiger partial charge is 0.469 e. The van der Waals surface area contributed by atoms with E-state index in [1.165, 1.54) is 18.4 Å². The Morgan fingerprint density at radius 2 is 1.91 bits per heavy atom. The molecule has 2 aromatic rings. The van der Waals surface area contributed by atoms with Crippen LogP contribution in [0.25, 0.3) is 10.4 Å². The second kappa shape index (κ2) is 7.96. The molecule has 22 heavy (non-hydrogen) atoms. The number of nitrogens with one attached hydrogen (secondary N) is 1. The maximum Gasteiger partial charge on any atom is 0.305 e. The number of ether oxygens (including phenoxy) is 1. The first-order valence-corrected chi connectivity index (χ1v) is 8.00. The molecule has 1 amide bonds. The van der Waals surface area contributed by atoms with E-state index in [9.17, 15) is 9.59 Å². The van der Waals surface area contributed by atoms with Gasteiger partial charge in [0.15, 0.2) is 0 Å². The van der Waals surface area contributed by atoms with Crippen molar-refractivity contribution in [3.05, 3.63) is 46.3 Å². The molecule has 4 nitrogen and oxygen atoms in total. The standard InChI is InChI=1S/C16H16ClNO3S/c1-21-15(19)3-2-10-18-16(20)14-9-8-13(22-14)11-4-6-12(17)7-5-11/h4-9H,2-3,10H2,1H3,(H,18,20). The Hall–Kier alpha value is -1.85. The molecule has 6 heteroatoms. The van der Waals surface area contributed by atoms with Gasteiger partial charge in [-0.15, -0.1) is 11.3 Å². The molecule has 0 radical (unpaired) electrons. The predicted molar refractivity (Wildman–Crippen MR) is 88.3 cm³/mol. The zero-order valence-electron chi connectivity index (χ0n) is 12.1. The van der Waals surface area contributed by atoms with Gasteiger partial charge in [0.05, 0.1) is 12.0 Å². The van der Waals surface area contributed by atoms with Crippen LogP contribution >= 0.6 is 22.9 Å². The number of thiophene rings is 1. The first-order valence-electron chi connectivity index (χ1n) is 6.81. The normalized spacial score (nSPS) is 10.3. The Morgan fingerprint density at radius 3 is 2.59 bits per heavy atom. The fourth-order valence-corrected chi connectivity index (χ4v) is 2.91. The SMILES string of the molecule is COC(=O)CCCNC(=O)c1ccc(-c2ccc(Cl)cc2)s1. The quantitative estimate of drug-likeness (QED) is 0.645. The minimum Gasteiger partial charge on any atom is -0.469 e. The number of amides is 1. The van der Waals surface area contributed by atoms with Gasteiger partial charge in [0.25, 0.3) is 5.91 Å². The van der Waals surface area contributed by atoms with E-state index in [1.54, 1.807) is 6.07 Å². The van der Waals surface area contributed by atoms with Crippen molar-refractivity contribution >= 4 is 34.8 Å². The third-order valence-corrected chi connectivity index (χ3v) is 4.41. The van der Waals surface area contributed by atoms with Gasteiger partial charge in [-0.25, -0.2) is 0 Å². The molecule has 0 aliphatic heterocycles. The Balaban J connectivity index is 1.89. The highest BCUT2D eigenvalue weighted by molar-refractivity contribution is 7.17. The van der Waals surface area contributed by atoms with Gasteiger partial charge in [-0.05, 0) is 36.2 Å². The van der Waals surface area contributed by atoms with Crippen molar-refractivity contribution in [3.63, 3.8) is 0 Å². The Labute approximate surface area is 138 Å². The summed E-state index contributed by atoms with van der Waals surface area (Å²) >= 11 is 7.29. The lowest BCUT2D eigenvalue weighted by Gasteiger charge is -2.02. The predicted octanol–water partition coefficient (Wildman–Crippen LogP) is 3.75.